The number of ether oxygens (including phenoxy) is 5. The Balaban J connectivity index is 1.43. The van der Waals surface area contributed by atoms with Crippen molar-refractivity contribution in [1.82, 2.24) is 0 Å². The predicted octanol–water partition coefficient (Wildman–Crippen LogP) is 3.85. The number of hydrogen-bond acceptors (Lipinski definition) is 10. The van der Waals surface area contributed by atoms with E-state index in [1.807, 2.05) is 20.8 Å². The second kappa shape index (κ2) is 12.6. The SMILES string of the molecule is CO[C@@H]1[C@H](OC(=O)/C=C/c2ccc(OCCCCCO)c([N+](=O)[O-])c2)CC[C@]2(CO2)[C@@]1(N)[C@@]1(C)O[C@@H]1CC=C(C)C. The number of nitro groups is 1. The molecule has 0 aromatic heterocycles. The minimum atomic E-state index is -1.03. The van der Waals surface area contributed by atoms with Gasteiger partial charge in [-0.15, -0.1) is 0 Å². The van der Waals surface area contributed by atoms with Gasteiger partial charge < -0.3 is 34.5 Å². The molecule has 0 unspecified atom stereocenters. The smallest absolute Gasteiger partial charge is 0.331 e. The summed E-state index contributed by atoms with van der Waals surface area (Å²) in [6.07, 6.45) is 7.37. The van der Waals surface area contributed by atoms with E-state index >= 15 is 0 Å². The second-order valence-electron chi connectivity index (χ2n) is 11.5. The van der Waals surface area contributed by atoms with Crippen molar-refractivity contribution in [1.29, 1.82) is 0 Å². The molecule has 11 heteroatoms. The molecule has 11 nitrogen and oxygen atoms in total. The molecule has 0 amide bonds. The van der Waals surface area contributed by atoms with Crippen molar-refractivity contribution in [3.05, 3.63) is 51.6 Å². The average Bonchev–Trinajstić information content (AvgIpc) is 3.86. The molecule has 2 aliphatic heterocycles. The van der Waals surface area contributed by atoms with Gasteiger partial charge in [0.25, 0.3) is 0 Å². The highest BCUT2D eigenvalue weighted by Crippen LogP contribution is 2.61. The fraction of sp³-hybridized carbons (Fsp3) is 0.633. The standard InChI is InChI=1S/C30H42N2O9/c1-20(2)8-12-25-28(3,41-25)30(31)27(37-4)24(14-15-29(30)19-39-29)40-26(34)13-10-21-9-11-23(22(18-21)32(35)36)38-17-7-5-6-16-33/h8-11,13,18,24-25,27,33H,5-7,12,14-17,19,31H2,1-4H3/b13-10+/t24-,25-,27-,28+,29+,30+/m1/s1. The molecule has 1 aliphatic carbocycles. The number of methoxy groups -OCH3 is 1. The van der Waals surface area contributed by atoms with Crippen LogP contribution in [0, 0.1) is 10.1 Å². The monoisotopic (exact) mass is 574 g/mol. The first-order chi connectivity index (χ1) is 19.5. The number of carbonyl (C=O) groups excluding carboxylic acids is 1. The molecule has 3 fully saturated rings. The lowest BCUT2D eigenvalue weighted by Gasteiger charge is -2.50. The number of esters is 1. The summed E-state index contributed by atoms with van der Waals surface area (Å²) >= 11 is 0. The molecule has 3 N–H and O–H groups in total. The Morgan fingerprint density at radius 2 is 2.05 bits per heavy atom. The van der Waals surface area contributed by atoms with Crippen molar-refractivity contribution in [3.63, 3.8) is 0 Å². The van der Waals surface area contributed by atoms with Crippen LogP contribution in [0.3, 0.4) is 0 Å². The highest BCUT2D eigenvalue weighted by molar-refractivity contribution is 5.87. The van der Waals surface area contributed by atoms with E-state index in [1.165, 1.54) is 29.9 Å². The van der Waals surface area contributed by atoms with Gasteiger partial charge in [-0.3, -0.25) is 10.1 Å². The molecule has 1 spiro atoms. The number of benzene rings is 1. The molecule has 2 saturated heterocycles. The minimum Gasteiger partial charge on any atom is -0.487 e. The maximum Gasteiger partial charge on any atom is 0.331 e. The molecule has 1 saturated carbocycles. The summed E-state index contributed by atoms with van der Waals surface area (Å²) in [5.41, 5.74) is 6.26. The largest absolute Gasteiger partial charge is 0.487 e. The maximum atomic E-state index is 12.9. The van der Waals surface area contributed by atoms with Crippen LogP contribution in [0.25, 0.3) is 6.08 Å². The number of nitro benzene ring substituents is 1. The summed E-state index contributed by atoms with van der Waals surface area (Å²) in [6, 6.07) is 4.49. The maximum absolute atomic E-state index is 12.9. The van der Waals surface area contributed by atoms with Gasteiger partial charge in [-0.25, -0.2) is 4.79 Å². The van der Waals surface area contributed by atoms with E-state index in [1.54, 1.807) is 13.2 Å². The molecule has 1 aromatic carbocycles. The van der Waals surface area contributed by atoms with Crippen LogP contribution in [0.1, 0.15) is 64.9 Å². The summed E-state index contributed by atoms with van der Waals surface area (Å²) < 4.78 is 29.4. The second-order valence-corrected chi connectivity index (χ2v) is 11.5. The number of unbranched alkanes of at least 4 members (excludes halogenated alkanes) is 2. The van der Waals surface area contributed by atoms with Crippen molar-refractivity contribution in [2.24, 2.45) is 5.73 Å². The van der Waals surface area contributed by atoms with Crippen LogP contribution in [0.5, 0.6) is 5.75 Å². The van der Waals surface area contributed by atoms with E-state index in [4.69, 9.17) is 34.5 Å². The lowest BCUT2D eigenvalue weighted by atomic mass is 9.62. The van der Waals surface area contributed by atoms with Gasteiger partial charge in [-0.1, -0.05) is 17.7 Å². The Labute approximate surface area is 240 Å². The van der Waals surface area contributed by atoms with Crippen molar-refractivity contribution in [2.75, 3.05) is 26.9 Å². The van der Waals surface area contributed by atoms with Crippen LogP contribution in [0.2, 0.25) is 0 Å². The number of rotatable bonds is 14. The number of allylic oxidation sites excluding steroid dienone is 1. The molecule has 2 heterocycles. The third-order valence-corrected chi connectivity index (χ3v) is 8.54. The summed E-state index contributed by atoms with van der Waals surface area (Å²) in [4.78, 5) is 24.0. The molecule has 4 rings (SSSR count). The zero-order chi connectivity index (χ0) is 29.8. The first kappa shape index (κ1) is 31.1. The van der Waals surface area contributed by atoms with Gasteiger partial charge in [0.05, 0.1) is 24.2 Å². The Morgan fingerprint density at radius 3 is 2.68 bits per heavy atom. The third kappa shape index (κ3) is 6.34. The topological polar surface area (TPSA) is 159 Å². The molecule has 1 aromatic rings. The summed E-state index contributed by atoms with van der Waals surface area (Å²) in [6.45, 7) is 6.95. The average molecular weight is 575 g/mol. The molecule has 3 aliphatic rings. The quantitative estimate of drug-likeness (QED) is 0.0635. The third-order valence-electron chi connectivity index (χ3n) is 8.54. The van der Waals surface area contributed by atoms with E-state index in [0.717, 1.165) is 12.8 Å². The molecular formula is C30H42N2O9. The molecule has 0 radical (unpaired) electrons. The number of nitrogens with two attached hydrogens (primary N) is 1. The highest BCUT2D eigenvalue weighted by Gasteiger charge is 2.80. The highest BCUT2D eigenvalue weighted by atomic mass is 16.6. The number of nitrogens with zero attached hydrogens (tertiary/aromatic N) is 1. The van der Waals surface area contributed by atoms with Crippen molar-refractivity contribution in [2.45, 2.75) is 94.3 Å². The van der Waals surface area contributed by atoms with Crippen LogP contribution in [0.4, 0.5) is 5.69 Å². The van der Waals surface area contributed by atoms with Gasteiger partial charge in [-0.2, -0.15) is 0 Å². The van der Waals surface area contributed by atoms with Gasteiger partial charge >= 0.3 is 11.7 Å². The lowest BCUT2D eigenvalue weighted by Crippen LogP contribution is -2.75. The first-order valence-corrected chi connectivity index (χ1v) is 14.2. The Hall–Kier alpha value is -2.83. The van der Waals surface area contributed by atoms with Crippen LogP contribution in [-0.2, 0) is 23.7 Å². The molecular weight excluding hydrogens is 532 g/mol. The Morgan fingerprint density at radius 1 is 1.29 bits per heavy atom. The lowest BCUT2D eigenvalue weighted by molar-refractivity contribution is -0.385. The summed E-state index contributed by atoms with van der Waals surface area (Å²) in [5, 5.41) is 20.5. The summed E-state index contributed by atoms with van der Waals surface area (Å²) in [7, 11) is 1.55. The van der Waals surface area contributed by atoms with Gasteiger partial charge in [0.2, 0.25) is 0 Å². The number of hydrogen-bond donors (Lipinski definition) is 2. The van der Waals surface area contributed by atoms with E-state index < -0.39 is 39.8 Å². The normalized spacial score (nSPS) is 32.1. The van der Waals surface area contributed by atoms with E-state index in [-0.39, 0.29) is 24.1 Å². The van der Waals surface area contributed by atoms with Crippen LogP contribution in [-0.4, -0.2) is 78.0 Å². The fourth-order valence-corrected chi connectivity index (χ4v) is 6.02. The molecule has 6 atom stereocenters. The van der Waals surface area contributed by atoms with Gasteiger partial charge in [0.15, 0.2) is 5.75 Å². The Kier molecular flexibility index (Phi) is 9.55. The van der Waals surface area contributed by atoms with Gasteiger partial charge in [0, 0.05) is 25.9 Å². The number of carbonyl (C=O) groups is 1. The predicted molar refractivity (Wildman–Crippen MR) is 151 cm³/mol. The summed E-state index contributed by atoms with van der Waals surface area (Å²) in [5.74, 6) is -0.458. The van der Waals surface area contributed by atoms with Crippen LogP contribution >= 0.6 is 0 Å². The zero-order valence-electron chi connectivity index (χ0n) is 24.3. The molecule has 41 heavy (non-hydrogen) atoms. The Bertz CT molecular complexity index is 1180. The van der Waals surface area contributed by atoms with E-state index in [9.17, 15) is 14.9 Å². The van der Waals surface area contributed by atoms with Crippen molar-refractivity contribution >= 4 is 17.7 Å². The van der Waals surface area contributed by atoms with E-state index in [2.05, 4.69) is 6.08 Å². The molecule has 226 valence electrons. The van der Waals surface area contributed by atoms with Gasteiger partial charge in [-0.05, 0) is 77.0 Å². The van der Waals surface area contributed by atoms with Gasteiger partial charge in [0.1, 0.15) is 28.9 Å². The number of aliphatic hydroxyl groups excluding tert-OH is 1. The zero-order valence-corrected chi connectivity index (χ0v) is 24.3. The number of aliphatic hydroxyl groups is 1. The minimum absolute atomic E-state index is 0.0984. The van der Waals surface area contributed by atoms with E-state index in [0.29, 0.717) is 44.5 Å². The molecule has 0 bridgehead atoms. The van der Waals surface area contributed by atoms with Crippen molar-refractivity contribution < 1.29 is 38.5 Å². The first-order valence-electron chi connectivity index (χ1n) is 14.2. The van der Waals surface area contributed by atoms with Crippen LogP contribution < -0.4 is 10.5 Å². The fourth-order valence-electron chi connectivity index (χ4n) is 6.02. The number of epoxide rings is 2. The van der Waals surface area contributed by atoms with Crippen molar-refractivity contribution in [3.8, 4) is 5.75 Å². The van der Waals surface area contributed by atoms with Crippen LogP contribution in [0.15, 0.2) is 35.9 Å².